The van der Waals surface area contributed by atoms with Crippen molar-refractivity contribution in [3.05, 3.63) is 70.5 Å². The molecule has 0 saturated heterocycles. The van der Waals surface area contributed by atoms with Gasteiger partial charge in [0.2, 0.25) is 0 Å². The van der Waals surface area contributed by atoms with Gasteiger partial charge in [-0.25, -0.2) is 9.97 Å². The first-order chi connectivity index (χ1) is 14.7. The summed E-state index contributed by atoms with van der Waals surface area (Å²) in [5.74, 6) is -0.396. The molecule has 0 bridgehead atoms. The predicted molar refractivity (Wildman–Crippen MR) is 112 cm³/mol. The van der Waals surface area contributed by atoms with Gasteiger partial charge in [0.15, 0.2) is 0 Å². The molecule has 0 N–H and O–H groups in total. The van der Waals surface area contributed by atoms with Crippen LogP contribution >= 0.6 is 11.3 Å². The van der Waals surface area contributed by atoms with E-state index in [2.05, 4.69) is 9.97 Å². The fourth-order valence-electron chi connectivity index (χ4n) is 3.13. The van der Waals surface area contributed by atoms with E-state index in [4.69, 9.17) is 4.74 Å². The molecule has 2 aromatic heterocycles. The number of hydrogen-bond donors (Lipinski definition) is 0. The van der Waals surface area contributed by atoms with Gasteiger partial charge in [0.25, 0.3) is 0 Å². The Hall–Kier alpha value is -3.20. The minimum absolute atomic E-state index is 0.0516. The molecule has 2 heterocycles. The van der Waals surface area contributed by atoms with Gasteiger partial charge in [-0.1, -0.05) is 18.2 Å². The zero-order valence-corrected chi connectivity index (χ0v) is 17.5. The van der Waals surface area contributed by atoms with Crippen molar-refractivity contribution in [2.45, 2.75) is 26.1 Å². The summed E-state index contributed by atoms with van der Waals surface area (Å²) in [6.07, 6.45) is -2.61. The largest absolute Gasteiger partial charge is 0.461 e. The first-order valence-corrected chi connectivity index (χ1v) is 10.2. The second kappa shape index (κ2) is 8.14. The van der Waals surface area contributed by atoms with Gasteiger partial charge in [-0.15, -0.1) is 11.3 Å². The normalized spacial score (nSPS) is 11.8. The highest BCUT2D eigenvalue weighted by atomic mass is 32.1. The highest BCUT2D eigenvalue weighted by Crippen LogP contribution is 2.33. The lowest BCUT2D eigenvalue weighted by Crippen LogP contribution is -2.07. The second-order valence-electron chi connectivity index (χ2n) is 7.12. The number of ether oxygens (including phenoxy) is 1. The van der Waals surface area contributed by atoms with E-state index in [0.717, 1.165) is 33.6 Å². The average molecular weight is 445 g/mol. The fourth-order valence-corrected chi connectivity index (χ4v) is 4.19. The van der Waals surface area contributed by atoms with Crippen molar-refractivity contribution >= 4 is 28.3 Å². The Labute approximate surface area is 180 Å². The number of benzene rings is 2. The SMILES string of the molecule is Cc1nc(-c2ccc(C(F)(F)F)cc2)sc1CC(=O)OCc1ccc2c(c1)ncn2C. The first-order valence-electron chi connectivity index (χ1n) is 9.40. The highest BCUT2D eigenvalue weighted by molar-refractivity contribution is 7.15. The topological polar surface area (TPSA) is 57.0 Å². The highest BCUT2D eigenvalue weighted by Gasteiger charge is 2.30. The number of halogens is 3. The molecule has 0 aliphatic heterocycles. The van der Waals surface area contributed by atoms with Gasteiger partial charge < -0.3 is 9.30 Å². The number of hydrogen-bond acceptors (Lipinski definition) is 5. The van der Waals surface area contributed by atoms with E-state index in [1.54, 1.807) is 13.3 Å². The van der Waals surface area contributed by atoms with Gasteiger partial charge in [-0.05, 0) is 36.8 Å². The number of aromatic nitrogens is 3. The zero-order valence-electron chi connectivity index (χ0n) is 16.7. The monoisotopic (exact) mass is 445 g/mol. The maximum atomic E-state index is 12.7. The Bertz CT molecular complexity index is 1240. The van der Waals surface area contributed by atoms with Gasteiger partial charge in [-0.3, -0.25) is 4.79 Å². The van der Waals surface area contributed by atoms with Crippen LogP contribution in [0.15, 0.2) is 48.8 Å². The van der Waals surface area contributed by atoms with Gasteiger partial charge >= 0.3 is 12.1 Å². The molecule has 0 saturated carbocycles. The predicted octanol–water partition coefficient (Wildman–Crippen LogP) is 5.31. The maximum Gasteiger partial charge on any atom is 0.416 e. The molecule has 9 heteroatoms. The van der Waals surface area contributed by atoms with E-state index in [9.17, 15) is 18.0 Å². The van der Waals surface area contributed by atoms with E-state index in [1.165, 1.54) is 23.5 Å². The van der Waals surface area contributed by atoms with Gasteiger partial charge in [0, 0.05) is 17.5 Å². The molecule has 5 nitrogen and oxygen atoms in total. The molecule has 0 spiro atoms. The lowest BCUT2D eigenvalue weighted by molar-refractivity contribution is -0.144. The standard InChI is InChI=1S/C22H18F3N3O2S/c1-13-19(31-21(27-13)15-4-6-16(7-5-15)22(23,24)25)10-20(29)30-11-14-3-8-18-17(9-14)26-12-28(18)2/h3-9,12H,10-11H2,1-2H3. The molecule has 0 unspecified atom stereocenters. The molecule has 4 rings (SSSR count). The Morgan fingerprint density at radius 3 is 2.61 bits per heavy atom. The number of rotatable bonds is 5. The third-order valence-electron chi connectivity index (χ3n) is 4.85. The number of carbonyl (C=O) groups is 1. The van der Waals surface area contributed by atoms with Crippen LogP contribution in [0.25, 0.3) is 21.6 Å². The van der Waals surface area contributed by atoms with Crippen LogP contribution < -0.4 is 0 Å². The van der Waals surface area contributed by atoms with Crippen molar-refractivity contribution in [3.8, 4) is 10.6 Å². The van der Waals surface area contributed by atoms with E-state index >= 15 is 0 Å². The quantitative estimate of drug-likeness (QED) is 0.391. The Morgan fingerprint density at radius 2 is 1.90 bits per heavy atom. The molecule has 4 aromatic rings. The van der Waals surface area contributed by atoms with Gasteiger partial charge in [0.05, 0.1) is 35.0 Å². The minimum atomic E-state index is -4.38. The summed E-state index contributed by atoms with van der Waals surface area (Å²) < 4.78 is 45.5. The fraction of sp³-hybridized carbons (Fsp3) is 0.227. The molecule has 0 amide bonds. The molecule has 160 valence electrons. The van der Waals surface area contributed by atoms with Crippen LogP contribution in [0.3, 0.4) is 0 Å². The zero-order chi connectivity index (χ0) is 22.2. The van der Waals surface area contributed by atoms with Crippen LogP contribution in [0.2, 0.25) is 0 Å². The van der Waals surface area contributed by atoms with Gasteiger partial charge in [0.1, 0.15) is 11.6 Å². The van der Waals surface area contributed by atoms with Crippen molar-refractivity contribution in [2.24, 2.45) is 7.05 Å². The Kier molecular flexibility index (Phi) is 5.53. The molecular weight excluding hydrogens is 427 g/mol. The van der Waals surface area contributed by atoms with Crippen molar-refractivity contribution in [1.82, 2.24) is 14.5 Å². The second-order valence-corrected chi connectivity index (χ2v) is 8.20. The molecule has 0 fully saturated rings. The molecule has 0 radical (unpaired) electrons. The van der Waals surface area contributed by atoms with E-state index < -0.39 is 17.7 Å². The lowest BCUT2D eigenvalue weighted by Gasteiger charge is -2.06. The van der Waals surface area contributed by atoms with Crippen LogP contribution in [0, 0.1) is 6.92 Å². The van der Waals surface area contributed by atoms with Crippen molar-refractivity contribution in [1.29, 1.82) is 0 Å². The number of carbonyl (C=O) groups excluding carboxylic acids is 1. The van der Waals surface area contributed by atoms with Crippen LogP contribution in [-0.2, 0) is 35.8 Å². The summed E-state index contributed by atoms with van der Waals surface area (Å²) >= 11 is 1.27. The number of fused-ring (bicyclic) bond motifs is 1. The molecule has 0 aliphatic rings. The average Bonchev–Trinajstić information content (AvgIpc) is 3.28. The number of imidazole rings is 1. The summed E-state index contributed by atoms with van der Waals surface area (Å²) in [7, 11) is 1.91. The van der Waals surface area contributed by atoms with E-state index in [1.807, 2.05) is 29.8 Å². The van der Waals surface area contributed by atoms with Crippen molar-refractivity contribution in [2.75, 3.05) is 0 Å². The lowest BCUT2D eigenvalue weighted by atomic mass is 10.1. The van der Waals surface area contributed by atoms with Crippen LogP contribution in [-0.4, -0.2) is 20.5 Å². The van der Waals surface area contributed by atoms with E-state index in [0.29, 0.717) is 16.3 Å². The van der Waals surface area contributed by atoms with Crippen LogP contribution in [0.5, 0.6) is 0 Å². The first kappa shape index (κ1) is 21.0. The van der Waals surface area contributed by atoms with Crippen LogP contribution in [0.1, 0.15) is 21.7 Å². The summed E-state index contributed by atoms with van der Waals surface area (Å²) in [5.41, 5.74) is 3.18. The summed E-state index contributed by atoms with van der Waals surface area (Å²) in [6.45, 7) is 1.90. The molecule has 0 atom stereocenters. The smallest absolute Gasteiger partial charge is 0.416 e. The minimum Gasteiger partial charge on any atom is -0.461 e. The molecule has 31 heavy (non-hydrogen) atoms. The maximum absolute atomic E-state index is 12.7. The Balaban J connectivity index is 1.40. The number of alkyl halides is 3. The molecule has 0 aliphatic carbocycles. The number of nitrogens with zero attached hydrogens (tertiary/aromatic N) is 3. The van der Waals surface area contributed by atoms with E-state index in [-0.39, 0.29) is 13.0 Å². The Morgan fingerprint density at radius 1 is 1.16 bits per heavy atom. The third-order valence-corrected chi connectivity index (χ3v) is 6.05. The summed E-state index contributed by atoms with van der Waals surface area (Å²) in [4.78, 5) is 21.7. The number of aryl methyl sites for hydroxylation is 2. The van der Waals surface area contributed by atoms with Crippen molar-refractivity contribution < 1.29 is 22.7 Å². The summed E-state index contributed by atoms with van der Waals surface area (Å²) in [5, 5.41) is 0.564. The molecular formula is C22H18F3N3O2S. The summed E-state index contributed by atoms with van der Waals surface area (Å²) in [6, 6.07) is 10.5. The van der Waals surface area contributed by atoms with Crippen LogP contribution in [0.4, 0.5) is 13.2 Å². The third kappa shape index (κ3) is 4.61. The van der Waals surface area contributed by atoms with Gasteiger partial charge in [-0.2, -0.15) is 13.2 Å². The molecule has 2 aromatic carbocycles. The number of thiazole rings is 1. The number of esters is 1. The van der Waals surface area contributed by atoms with Crippen molar-refractivity contribution in [3.63, 3.8) is 0 Å².